The second kappa shape index (κ2) is 8.12. The molecule has 2 aromatic carbocycles. The molecule has 0 aliphatic carbocycles. The van der Waals surface area contributed by atoms with Gasteiger partial charge in [-0.3, -0.25) is 4.79 Å². The molecular formula is C20H11ClF4N4OS. The van der Waals surface area contributed by atoms with Crippen molar-refractivity contribution < 1.29 is 22.4 Å². The van der Waals surface area contributed by atoms with E-state index in [0.717, 1.165) is 10.6 Å². The van der Waals surface area contributed by atoms with Gasteiger partial charge >= 0.3 is 6.18 Å². The van der Waals surface area contributed by atoms with Crippen LogP contribution in [0.2, 0.25) is 5.02 Å². The van der Waals surface area contributed by atoms with Crippen molar-refractivity contribution in [1.82, 2.24) is 14.6 Å². The van der Waals surface area contributed by atoms with E-state index in [1.165, 1.54) is 30.3 Å². The van der Waals surface area contributed by atoms with Crippen LogP contribution >= 0.6 is 22.9 Å². The number of rotatable bonds is 4. The van der Waals surface area contributed by atoms with E-state index in [1.807, 2.05) is 0 Å². The largest absolute Gasteiger partial charge is 0.445 e. The molecule has 11 heteroatoms. The van der Waals surface area contributed by atoms with Crippen molar-refractivity contribution in [3.63, 3.8) is 0 Å². The Morgan fingerprint density at radius 1 is 1.13 bits per heavy atom. The van der Waals surface area contributed by atoms with Crippen LogP contribution < -0.4 is 5.32 Å². The molecule has 4 rings (SSSR count). The summed E-state index contributed by atoms with van der Waals surface area (Å²) in [6.45, 7) is 0. The summed E-state index contributed by atoms with van der Waals surface area (Å²) in [5, 5.41) is 5.42. The fraction of sp³-hybridized carbons (Fsp3) is 0.0500. The first-order valence-electron chi connectivity index (χ1n) is 8.68. The van der Waals surface area contributed by atoms with Crippen molar-refractivity contribution >= 4 is 45.6 Å². The molecule has 0 spiro atoms. The average Bonchev–Trinajstić information content (AvgIpc) is 3.27. The molecule has 158 valence electrons. The average molecular weight is 467 g/mol. The predicted octanol–water partition coefficient (Wildman–Crippen LogP) is 5.92. The summed E-state index contributed by atoms with van der Waals surface area (Å²) >= 11 is 6.61. The van der Waals surface area contributed by atoms with E-state index in [0.29, 0.717) is 27.6 Å². The number of benzene rings is 2. The maximum atomic E-state index is 13.1. The van der Waals surface area contributed by atoms with Gasteiger partial charge in [-0.1, -0.05) is 41.1 Å². The molecule has 0 saturated heterocycles. The highest BCUT2D eigenvalue weighted by molar-refractivity contribution is 7.16. The monoisotopic (exact) mass is 466 g/mol. The van der Waals surface area contributed by atoms with Crippen molar-refractivity contribution in [2.24, 2.45) is 0 Å². The molecule has 0 bridgehead atoms. The normalized spacial score (nSPS) is 12.0. The minimum absolute atomic E-state index is 0.000775. The second-order valence-corrected chi connectivity index (χ2v) is 7.62. The van der Waals surface area contributed by atoms with Crippen molar-refractivity contribution in [2.75, 3.05) is 5.32 Å². The number of carbonyl (C=O) groups excluding carboxylic acids is 1. The van der Waals surface area contributed by atoms with Crippen LogP contribution in [-0.2, 0) is 11.0 Å². The van der Waals surface area contributed by atoms with Gasteiger partial charge < -0.3 is 5.32 Å². The van der Waals surface area contributed by atoms with E-state index < -0.39 is 22.9 Å². The number of alkyl halides is 3. The number of aromatic nitrogens is 3. The first-order valence-corrected chi connectivity index (χ1v) is 9.88. The summed E-state index contributed by atoms with van der Waals surface area (Å²) < 4.78 is 53.3. The number of anilines is 1. The highest BCUT2D eigenvalue weighted by atomic mass is 35.5. The maximum Gasteiger partial charge on any atom is 0.445 e. The first kappa shape index (κ1) is 21.0. The van der Waals surface area contributed by atoms with Crippen molar-refractivity contribution in [1.29, 1.82) is 0 Å². The molecule has 1 N–H and O–H groups in total. The lowest BCUT2D eigenvalue weighted by Gasteiger charge is -2.04. The quantitative estimate of drug-likeness (QED) is 0.300. The molecule has 0 atom stereocenters. The molecule has 2 aromatic heterocycles. The van der Waals surface area contributed by atoms with E-state index in [-0.39, 0.29) is 16.3 Å². The zero-order chi connectivity index (χ0) is 22.2. The van der Waals surface area contributed by atoms with Crippen LogP contribution in [0.15, 0.2) is 54.6 Å². The van der Waals surface area contributed by atoms with Crippen molar-refractivity contribution in [2.45, 2.75) is 6.18 Å². The highest BCUT2D eigenvalue weighted by Gasteiger charge is 2.36. The lowest BCUT2D eigenvalue weighted by molar-refractivity contribution is -0.138. The summed E-state index contributed by atoms with van der Waals surface area (Å²) in [5.41, 5.74) is 1.27. The fourth-order valence-electron chi connectivity index (χ4n) is 2.75. The van der Waals surface area contributed by atoms with Gasteiger partial charge in [-0.15, -0.1) is 5.10 Å². The molecule has 2 heterocycles. The van der Waals surface area contributed by atoms with Gasteiger partial charge in [0.05, 0.1) is 10.7 Å². The minimum Gasteiger partial charge on any atom is -0.323 e. The van der Waals surface area contributed by atoms with Gasteiger partial charge in [0.2, 0.25) is 15.9 Å². The molecule has 31 heavy (non-hydrogen) atoms. The molecule has 0 fully saturated rings. The third-order valence-electron chi connectivity index (χ3n) is 4.11. The standard InChI is InChI=1S/C20H11ClF4N4OS/c21-14-4-2-1-3-13(14)17-15(29-19(27-17)31-18(28-29)20(23,24)25)9-10-16(30)26-12-7-5-11(22)6-8-12/h1-10H,(H,26,30)/b10-9+. The number of hydrogen-bond donors (Lipinski definition) is 1. The first-order chi connectivity index (χ1) is 14.7. The lowest BCUT2D eigenvalue weighted by Crippen LogP contribution is -2.08. The lowest BCUT2D eigenvalue weighted by atomic mass is 10.1. The van der Waals surface area contributed by atoms with Crippen LogP contribution in [0.1, 0.15) is 10.7 Å². The summed E-state index contributed by atoms with van der Waals surface area (Å²) in [6.07, 6.45) is -2.20. The van der Waals surface area contributed by atoms with Crippen LogP contribution in [0.5, 0.6) is 0 Å². The third-order valence-corrected chi connectivity index (χ3v) is 5.40. The number of amides is 1. The van der Waals surface area contributed by atoms with E-state index in [1.54, 1.807) is 24.3 Å². The SMILES string of the molecule is O=C(/C=C/c1c(-c2ccccc2Cl)nc2sc(C(F)(F)F)nn12)Nc1ccc(F)cc1. The molecule has 0 radical (unpaired) electrons. The Kier molecular flexibility index (Phi) is 5.50. The molecule has 0 unspecified atom stereocenters. The Morgan fingerprint density at radius 2 is 1.84 bits per heavy atom. The van der Waals surface area contributed by atoms with Gasteiger partial charge in [-0.25, -0.2) is 13.9 Å². The highest BCUT2D eigenvalue weighted by Crippen LogP contribution is 2.36. The molecule has 0 aliphatic rings. The van der Waals surface area contributed by atoms with Crippen molar-refractivity contribution in [3.8, 4) is 11.3 Å². The zero-order valence-corrected chi connectivity index (χ0v) is 16.9. The second-order valence-electron chi connectivity index (χ2n) is 6.25. The number of carbonyl (C=O) groups is 1. The van der Waals surface area contributed by atoms with Gasteiger partial charge in [0.15, 0.2) is 0 Å². The molecule has 0 aliphatic heterocycles. The molecule has 4 aromatic rings. The topological polar surface area (TPSA) is 59.3 Å². The van der Waals surface area contributed by atoms with Crippen LogP contribution in [0.25, 0.3) is 22.3 Å². The molecular weight excluding hydrogens is 456 g/mol. The van der Waals surface area contributed by atoms with Gasteiger partial charge in [0.25, 0.3) is 0 Å². The fourth-order valence-corrected chi connectivity index (χ4v) is 3.75. The molecule has 0 saturated carbocycles. The smallest absolute Gasteiger partial charge is 0.323 e. The van der Waals surface area contributed by atoms with E-state index in [9.17, 15) is 22.4 Å². The van der Waals surface area contributed by atoms with E-state index in [4.69, 9.17) is 11.6 Å². The van der Waals surface area contributed by atoms with Gasteiger partial charge in [-0.05, 0) is 36.4 Å². The Bertz CT molecular complexity index is 1290. The summed E-state index contributed by atoms with van der Waals surface area (Å²) in [4.78, 5) is 16.5. The van der Waals surface area contributed by atoms with Crippen LogP contribution in [0.3, 0.4) is 0 Å². The number of fused-ring (bicyclic) bond motifs is 1. The van der Waals surface area contributed by atoms with E-state index in [2.05, 4.69) is 15.4 Å². The number of imidazole rings is 1. The Morgan fingerprint density at radius 3 is 2.52 bits per heavy atom. The summed E-state index contributed by atoms with van der Waals surface area (Å²) in [5.74, 6) is -1.03. The Balaban J connectivity index is 1.74. The van der Waals surface area contributed by atoms with Gasteiger partial charge in [-0.2, -0.15) is 13.2 Å². The summed E-state index contributed by atoms with van der Waals surface area (Å²) in [6, 6.07) is 11.8. The van der Waals surface area contributed by atoms with Gasteiger partial charge in [0.1, 0.15) is 11.5 Å². The minimum atomic E-state index is -4.63. The summed E-state index contributed by atoms with van der Waals surface area (Å²) in [7, 11) is 0. The number of nitrogens with one attached hydrogen (secondary N) is 1. The Labute approximate surface area is 181 Å². The molecule has 1 amide bonds. The zero-order valence-electron chi connectivity index (χ0n) is 15.3. The maximum absolute atomic E-state index is 13.1. The van der Waals surface area contributed by atoms with Crippen molar-refractivity contribution in [3.05, 3.63) is 76.1 Å². The van der Waals surface area contributed by atoms with Gasteiger partial charge in [0, 0.05) is 17.3 Å². The molecule has 5 nitrogen and oxygen atoms in total. The van der Waals surface area contributed by atoms with Crippen LogP contribution in [0.4, 0.5) is 23.2 Å². The predicted molar refractivity (Wildman–Crippen MR) is 110 cm³/mol. The van der Waals surface area contributed by atoms with E-state index >= 15 is 0 Å². The number of nitrogens with zero attached hydrogens (tertiary/aromatic N) is 3. The van der Waals surface area contributed by atoms with Crippen LogP contribution in [0, 0.1) is 5.82 Å². The number of hydrogen-bond acceptors (Lipinski definition) is 4. The Hall–Kier alpha value is -3.24. The number of halogens is 5. The van der Waals surface area contributed by atoms with Crippen LogP contribution in [-0.4, -0.2) is 20.5 Å². The third kappa shape index (κ3) is 4.44.